The van der Waals surface area contributed by atoms with Crippen molar-refractivity contribution in [2.75, 3.05) is 19.8 Å². The van der Waals surface area contributed by atoms with Crippen LogP contribution in [0, 0.1) is 5.92 Å². The van der Waals surface area contributed by atoms with Crippen LogP contribution in [0.15, 0.2) is 55.3 Å². The zero-order valence-electron chi connectivity index (χ0n) is 20.3. The third-order valence-corrected chi connectivity index (χ3v) is 5.99. The summed E-state index contributed by atoms with van der Waals surface area (Å²) in [4.78, 5) is 2.36. The van der Waals surface area contributed by atoms with Crippen LogP contribution in [0.2, 0.25) is 0 Å². The Morgan fingerprint density at radius 2 is 1.81 bits per heavy atom. The van der Waals surface area contributed by atoms with Gasteiger partial charge in [0.15, 0.2) is 0 Å². The highest BCUT2D eigenvalue weighted by Gasteiger charge is 2.22. The van der Waals surface area contributed by atoms with Crippen molar-refractivity contribution in [3.8, 4) is 0 Å². The van der Waals surface area contributed by atoms with E-state index < -0.39 is 6.10 Å². The minimum atomic E-state index is -0.519. The summed E-state index contributed by atoms with van der Waals surface area (Å²) in [6, 6.07) is 13.6. The summed E-state index contributed by atoms with van der Waals surface area (Å²) < 4.78 is 7.77. The Labute approximate surface area is 189 Å². The molecule has 0 aliphatic rings. The Balaban J connectivity index is 2.10. The summed E-state index contributed by atoms with van der Waals surface area (Å²) in [5.74, 6) is 0.495. The number of aliphatic hydroxyl groups excluding tert-OH is 1. The van der Waals surface area contributed by atoms with Crippen LogP contribution in [-0.4, -0.2) is 46.5 Å². The van der Waals surface area contributed by atoms with Gasteiger partial charge in [-0.25, -0.2) is 0 Å². The van der Waals surface area contributed by atoms with Crippen molar-refractivity contribution < 1.29 is 9.84 Å². The summed E-state index contributed by atoms with van der Waals surface area (Å²) in [6.45, 7) is 20.1. The van der Waals surface area contributed by atoms with Crippen LogP contribution in [0.25, 0.3) is 0 Å². The molecule has 2 aromatic rings. The number of aliphatic hydroxyl groups is 1. The fourth-order valence-corrected chi connectivity index (χ4v) is 3.67. The van der Waals surface area contributed by atoms with Crippen molar-refractivity contribution in [2.45, 2.75) is 72.2 Å². The molecule has 0 aliphatic carbocycles. The average Bonchev–Trinajstić information content (AvgIpc) is 3.13. The third kappa shape index (κ3) is 7.95. The van der Waals surface area contributed by atoms with Crippen LogP contribution in [0.1, 0.15) is 58.4 Å². The standard InChI is InChI=1S/C27H42N2O2/c1-8-16-31-20-26(30)19-29(22(4)21(2)3)18-25-10-9-15-28(25)17-23-11-13-24(14-12-23)27(5,6)7/h8-15,21-22,26,30H,1,16-20H2,2-7H3/t22-,26-/m1/s1. The Hall–Kier alpha value is -1.88. The number of aromatic nitrogens is 1. The molecule has 0 spiro atoms. The van der Waals surface area contributed by atoms with E-state index in [9.17, 15) is 5.11 Å². The van der Waals surface area contributed by atoms with Crippen LogP contribution >= 0.6 is 0 Å². The molecule has 0 bridgehead atoms. The molecule has 0 amide bonds. The first-order valence-electron chi connectivity index (χ1n) is 11.5. The van der Waals surface area contributed by atoms with Gasteiger partial charge >= 0.3 is 0 Å². The predicted molar refractivity (Wildman–Crippen MR) is 130 cm³/mol. The summed E-state index contributed by atoms with van der Waals surface area (Å²) in [6.07, 6.45) is 3.34. The van der Waals surface area contributed by atoms with Gasteiger partial charge in [0.2, 0.25) is 0 Å². The molecule has 0 unspecified atom stereocenters. The zero-order valence-corrected chi connectivity index (χ0v) is 20.3. The number of nitrogens with zero attached hydrogens (tertiary/aromatic N) is 2. The maximum Gasteiger partial charge on any atom is 0.0900 e. The Kier molecular flexibility index (Phi) is 9.54. The largest absolute Gasteiger partial charge is 0.389 e. The van der Waals surface area contributed by atoms with Crippen LogP contribution < -0.4 is 0 Å². The lowest BCUT2D eigenvalue weighted by Crippen LogP contribution is -2.42. The first-order valence-corrected chi connectivity index (χ1v) is 11.5. The lowest BCUT2D eigenvalue weighted by molar-refractivity contribution is 0.0103. The highest BCUT2D eigenvalue weighted by atomic mass is 16.5. The summed E-state index contributed by atoms with van der Waals surface area (Å²) in [5, 5.41) is 10.5. The van der Waals surface area contributed by atoms with Gasteiger partial charge in [-0.1, -0.05) is 65.0 Å². The van der Waals surface area contributed by atoms with Gasteiger partial charge in [-0.2, -0.15) is 0 Å². The van der Waals surface area contributed by atoms with Crippen molar-refractivity contribution in [1.29, 1.82) is 0 Å². The normalized spacial score (nSPS) is 14.2. The molecule has 1 aromatic heterocycles. The summed E-state index contributed by atoms with van der Waals surface area (Å²) >= 11 is 0. The smallest absolute Gasteiger partial charge is 0.0900 e. The molecule has 0 saturated carbocycles. The van der Waals surface area contributed by atoms with Crippen molar-refractivity contribution >= 4 is 0 Å². The van der Waals surface area contributed by atoms with Gasteiger partial charge in [0.25, 0.3) is 0 Å². The van der Waals surface area contributed by atoms with Crippen molar-refractivity contribution in [2.24, 2.45) is 5.92 Å². The minimum absolute atomic E-state index is 0.168. The number of ether oxygens (including phenoxy) is 1. The first-order chi connectivity index (χ1) is 14.6. The minimum Gasteiger partial charge on any atom is -0.389 e. The van der Waals surface area contributed by atoms with E-state index in [1.54, 1.807) is 6.08 Å². The second kappa shape index (κ2) is 11.7. The van der Waals surface area contributed by atoms with Crippen LogP contribution in [0.3, 0.4) is 0 Å². The monoisotopic (exact) mass is 426 g/mol. The molecule has 2 atom stereocenters. The summed E-state index contributed by atoms with van der Waals surface area (Å²) in [7, 11) is 0. The van der Waals surface area contributed by atoms with Gasteiger partial charge < -0.3 is 14.4 Å². The molecule has 172 valence electrons. The van der Waals surface area contributed by atoms with Crippen molar-refractivity contribution in [3.05, 3.63) is 72.1 Å². The first kappa shape index (κ1) is 25.4. The van der Waals surface area contributed by atoms with Crippen molar-refractivity contribution in [1.82, 2.24) is 9.47 Å². The number of hydrogen-bond donors (Lipinski definition) is 1. The number of benzene rings is 1. The second-order valence-corrected chi connectivity index (χ2v) is 9.97. The van der Waals surface area contributed by atoms with Gasteiger partial charge in [-0.05, 0) is 41.5 Å². The molecule has 31 heavy (non-hydrogen) atoms. The maximum atomic E-state index is 10.5. The number of hydrogen-bond acceptors (Lipinski definition) is 3. The molecule has 2 rings (SSSR count). The fourth-order valence-electron chi connectivity index (χ4n) is 3.67. The van der Waals surface area contributed by atoms with Gasteiger partial charge in [0.05, 0.1) is 19.3 Å². The van der Waals surface area contributed by atoms with E-state index in [0.717, 1.165) is 13.1 Å². The van der Waals surface area contributed by atoms with Crippen molar-refractivity contribution in [3.63, 3.8) is 0 Å². The van der Waals surface area contributed by atoms with E-state index in [-0.39, 0.29) is 5.41 Å². The molecule has 0 fully saturated rings. The molecule has 0 radical (unpaired) electrons. The second-order valence-electron chi connectivity index (χ2n) is 9.97. The quantitative estimate of drug-likeness (QED) is 0.372. The predicted octanol–water partition coefficient (Wildman–Crippen LogP) is 5.24. The Bertz CT molecular complexity index is 786. The van der Waals surface area contributed by atoms with Crippen LogP contribution in [0.4, 0.5) is 0 Å². The van der Waals surface area contributed by atoms with E-state index in [1.807, 2.05) is 0 Å². The van der Waals surface area contributed by atoms with Gasteiger partial charge in [0.1, 0.15) is 0 Å². The highest BCUT2D eigenvalue weighted by Crippen LogP contribution is 2.23. The zero-order chi connectivity index (χ0) is 23.0. The van der Waals surface area contributed by atoms with E-state index in [0.29, 0.717) is 31.7 Å². The molecule has 0 aliphatic heterocycles. The van der Waals surface area contributed by atoms with E-state index >= 15 is 0 Å². The van der Waals surface area contributed by atoms with E-state index in [2.05, 4.69) is 100 Å². The van der Waals surface area contributed by atoms with Crippen LogP contribution in [-0.2, 0) is 23.2 Å². The van der Waals surface area contributed by atoms with Crippen LogP contribution in [0.5, 0.6) is 0 Å². The molecule has 4 nitrogen and oxygen atoms in total. The van der Waals surface area contributed by atoms with E-state index in [1.165, 1.54) is 16.8 Å². The molecule has 4 heteroatoms. The van der Waals surface area contributed by atoms with Gasteiger partial charge in [0, 0.05) is 37.6 Å². The third-order valence-electron chi connectivity index (χ3n) is 5.99. The van der Waals surface area contributed by atoms with E-state index in [4.69, 9.17) is 4.74 Å². The Morgan fingerprint density at radius 3 is 2.39 bits per heavy atom. The maximum absolute atomic E-state index is 10.5. The molecule has 0 saturated heterocycles. The average molecular weight is 427 g/mol. The summed E-state index contributed by atoms with van der Waals surface area (Å²) in [5.41, 5.74) is 4.08. The molecule has 1 heterocycles. The highest BCUT2D eigenvalue weighted by molar-refractivity contribution is 5.28. The molecule has 1 aromatic carbocycles. The number of rotatable bonds is 12. The van der Waals surface area contributed by atoms with Gasteiger partial charge in [-0.15, -0.1) is 6.58 Å². The topological polar surface area (TPSA) is 37.6 Å². The molecular formula is C27H42N2O2. The molecule has 1 N–H and O–H groups in total. The van der Waals surface area contributed by atoms with Gasteiger partial charge in [-0.3, -0.25) is 4.90 Å². The molecular weight excluding hydrogens is 384 g/mol. The lowest BCUT2D eigenvalue weighted by atomic mass is 9.87. The Morgan fingerprint density at radius 1 is 1.13 bits per heavy atom. The SMILES string of the molecule is C=CCOC[C@H](O)CN(Cc1cccn1Cc1ccc(C(C)(C)C)cc1)[C@H](C)C(C)C. The fraction of sp³-hybridized carbons (Fsp3) is 0.556. The lowest BCUT2D eigenvalue weighted by Gasteiger charge is -2.33.